The topological polar surface area (TPSA) is 26.3 Å². The molecule has 0 saturated heterocycles. The summed E-state index contributed by atoms with van der Waals surface area (Å²) in [6, 6.07) is 4.43. The van der Waals surface area contributed by atoms with Crippen LogP contribution in [0.3, 0.4) is 0 Å². The Balaban J connectivity index is 2.65. The maximum atomic E-state index is 13.0. The van der Waals surface area contributed by atoms with E-state index in [1.54, 1.807) is 18.2 Å². The Kier molecular flexibility index (Phi) is 4.31. The Bertz CT molecular complexity index is 388. The second-order valence-corrected chi connectivity index (χ2v) is 3.26. The van der Waals surface area contributed by atoms with Crippen molar-refractivity contribution in [3.63, 3.8) is 0 Å². The maximum absolute atomic E-state index is 13.0. The first-order chi connectivity index (χ1) is 7.13. The zero-order valence-electron chi connectivity index (χ0n) is 8.17. The Labute approximate surface area is 92.3 Å². The molecule has 0 saturated carbocycles. The number of ether oxygens (including phenoxy) is 1. The third-order valence-corrected chi connectivity index (χ3v) is 2.07. The molecular weight excluding hydrogens is 219 g/mol. The lowest BCUT2D eigenvalue weighted by atomic mass is 10.2. The molecule has 0 aromatic heterocycles. The van der Waals surface area contributed by atoms with Crippen molar-refractivity contribution in [3.05, 3.63) is 40.7 Å². The number of hydrogen-bond acceptors (Lipinski definition) is 2. The molecule has 1 aromatic carbocycles. The van der Waals surface area contributed by atoms with E-state index < -0.39 is 5.82 Å². The van der Waals surface area contributed by atoms with Crippen LogP contribution in [0.2, 0.25) is 5.02 Å². The van der Waals surface area contributed by atoms with Gasteiger partial charge in [0, 0.05) is 0 Å². The van der Waals surface area contributed by atoms with E-state index in [0.717, 1.165) is 0 Å². The van der Waals surface area contributed by atoms with Gasteiger partial charge in [0.1, 0.15) is 5.82 Å². The standard InChI is InChI=1S/C11H10ClFO2/c1-15-11(14)4-2-3-8-5-6-9(12)10(13)7-8/h2-3,5-7H,4H2,1H3. The molecule has 4 heteroatoms. The Morgan fingerprint density at radius 3 is 2.93 bits per heavy atom. The summed E-state index contributed by atoms with van der Waals surface area (Å²) in [5.74, 6) is -0.808. The van der Waals surface area contributed by atoms with Crippen molar-refractivity contribution in [1.29, 1.82) is 0 Å². The first-order valence-electron chi connectivity index (χ1n) is 4.32. The summed E-state index contributed by atoms with van der Waals surface area (Å²) < 4.78 is 17.4. The van der Waals surface area contributed by atoms with E-state index >= 15 is 0 Å². The fraction of sp³-hybridized carbons (Fsp3) is 0.182. The number of halogens is 2. The van der Waals surface area contributed by atoms with Crippen molar-refractivity contribution in [2.24, 2.45) is 0 Å². The van der Waals surface area contributed by atoms with E-state index in [1.807, 2.05) is 0 Å². The number of benzene rings is 1. The van der Waals surface area contributed by atoms with Gasteiger partial charge in [-0.2, -0.15) is 0 Å². The van der Waals surface area contributed by atoms with Crippen molar-refractivity contribution in [2.75, 3.05) is 7.11 Å². The van der Waals surface area contributed by atoms with E-state index in [-0.39, 0.29) is 17.4 Å². The van der Waals surface area contributed by atoms with Gasteiger partial charge in [-0.3, -0.25) is 4.79 Å². The number of carbonyl (C=O) groups excluding carboxylic acids is 1. The van der Waals surface area contributed by atoms with Gasteiger partial charge in [0.25, 0.3) is 0 Å². The Morgan fingerprint density at radius 2 is 2.33 bits per heavy atom. The molecule has 0 amide bonds. The molecule has 0 aliphatic carbocycles. The maximum Gasteiger partial charge on any atom is 0.309 e. The monoisotopic (exact) mass is 228 g/mol. The van der Waals surface area contributed by atoms with Crippen molar-refractivity contribution in [2.45, 2.75) is 6.42 Å². The molecule has 15 heavy (non-hydrogen) atoms. The van der Waals surface area contributed by atoms with Crippen molar-refractivity contribution in [1.82, 2.24) is 0 Å². The summed E-state index contributed by atoms with van der Waals surface area (Å²) in [5, 5.41) is 0.0834. The molecule has 1 aromatic rings. The SMILES string of the molecule is COC(=O)CC=Cc1ccc(Cl)c(F)c1. The summed E-state index contributed by atoms with van der Waals surface area (Å²) in [6.07, 6.45) is 3.41. The van der Waals surface area contributed by atoms with Gasteiger partial charge >= 0.3 is 5.97 Å². The second-order valence-electron chi connectivity index (χ2n) is 2.86. The quantitative estimate of drug-likeness (QED) is 0.744. The molecule has 0 bridgehead atoms. The van der Waals surface area contributed by atoms with E-state index in [2.05, 4.69) is 4.74 Å². The molecule has 80 valence electrons. The first kappa shape index (κ1) is 11.7. The van der Waals surface area contributed by atoms with Gasteiger partial charge < -0.3 is 4.74 Å². The highest BCUT2D eigenvalue weighted by atomic mass is 35.5. The number of esters is 1. The summed E-state index contributed by atoms with van der Waals surface area (Å²) >= 11 is 5.51. The normalized spacial score (nSPS) is 10.6. The first-order valence-corrected chi connectivity index (χ1v) is 4.69. The molecule has 0 radical (unpaired) electrons. The third-order valence-electron chi connectivity index (χ3n) is 1.77. The van der Waals surface area contributed by atoms with E-state index in [1.165, 1.54) is 19.2 Å². The fourth-order valence-electron chi connectivity index (χ4n) is 0.991. The van der Waals surface area contributed by atoms with Crippen molar-refractivity contribution < 1.29 is 13.9 Å². The van der Waals surface area contributed by atoms with Gasteiger partial charge in [0.05, 0.1) is 18.6 Å². The van der Waals surface area contributed by atoms with Crippen LogP contribution in [-0.4, -0.2) is 13.1 Å². The predicted octanol–water partition coefficient (Wildman–Crippen LogP) is 3.06. The van der Waals surface area contributed by atoms with Crippen molar-refractivity contribution >= 4 is 23.6 Å². The van der Waals surface area contributed by atoms with E-state index in [4.69, 9.17) is 11.6 Å². The van der Waals surface area contributed by atoms with Crippen LogP contribution in [0.5, 0.6) is 0 Å². The van der Waals surface area contributed by atoms with Gasteiger partial charge in [-0.25, -0.2) is 4.39 Å². The molecule has 1 rings (SSSR count). The number of methoxy groups -OCH3 is 1. The number of carbonyl (C=O) groups is 1. The van der Waals surface area contributed by atoms with Crippen LogP contribution in [0.15, 0.2) is 24.3 Å². The molecule has 0 unspecified atom stereocenters. The minimum absolute atomic E-state index is 0.0834. The Hall–Kier alpha value is -1.35. The van der Waals surface area contributed by atoms with E-state index in [9.17, 15) is 9.18 Å². The van der Waals surface area contributed by atoms with Crippen LogP contribution in [0.1, 0.15) is 12.0 Å². The fourth-order valence-corrected chi connectivity index (χ4v) is 1.11. The number of rotatable bonds is 3. The molecule has 2 nitrogen and oxygen atoms in total. The minimum Gasteiger partial charge on any atom is -0.469 e. The van der Waals surface area contributed by atoms with Gasteiger partial charge in [0.2, 0.25) is 0 Å². The molecule has 0 aliphatic heterocycles. The second kappa shape index (κ2) is 5.51. The average molecular weight is 229 g/mol. The van der Waals surface area contributed by atoms with Crippen LogP contribution in [-0.2, 0) is 9.53 Å². The van der Waals surface area contributed by atoms with Gasteiger partial charge in [0.15, 0.2) is 0 Å². The summed E-state index contributed by atoms with van der Waals surface area (Å²) in [7, 11) is 1.32. The molecule has 0 heterocycles. The highest BCUT2D eigenvalue weighted by Gasteiger charge is 1.99. The molecule has 0 atom stereocenters. The predicted molar refractivity (Wildman–Crippen MR) is 57.1 cm³/mol. The molecule has 0 fully saturated rings. The van der Waals surface area contributed by atoms with Crippen LogP contribution < -0.4 is 0 Å². The van der Waals surface area contributed by atoms with E-state index in [0.29, 0.717) is 5.56 Å². The highest BCUT2D eigenvalue weighted by molar-refractivity contribution is 6.30. The molecule has 0 aliphatic rings. The summed E-state index contributed by atoms with van der Waals surface area (Å²) in [5.41, 5.74) is 0.654. The highest BCUT2D eigenvalue weighted by Crippen LogP contribution is 2.16. The van der Waals surface area contributed by atoms with Crippen molar-refractivity contribution in [3.8, 4) is 0 Å². The largest absolute Gasteiger partial charge is 0.469 e. The zero-order valence-corrected chi connectivity index (χ0v) is 8.92. The van der Waals surface area contributed by atoms with Crippen LogP contribution in [0.4, 0.5) is 4.39 Å². The Morgan fingerprint density at radius 1 is 1.60 bits per heavy atom. The van der Waals surface area contributed by atoms with Crippen LogP contribution in [0.25, 0.3) is 6.08 Å². The zero-order chi connectivity index (χ0) is 11.3. The molecule has 0 spiro atoms. The van der Waals surface area contributed by atoms with Gasteiger partial charge in [-0.1, -0.05) is 29.8 Å². The third kappa shape index (κ3) is 3.72. The van der Waals surface area contributed by atoms with Crippen LogP contribution in [0, 0.1) is 5.82 Å². The lowest BCUT2D eigenvalue weighted by Crippen LogP contribution is -1.96. The molecule has 0 N–H and O–H groups in total. The van der Waals surface area contributed by atoms with Gasteiger partial charge in [-0.15, -0.1) is 0 Å². The lowest BCUT2D eigenvalue weighted by Gasteiger charge is -1.96. The van der Waals surface area contributed by atoms with Gasteiger partial charge in [-0.05, 0) is 17.7 Å². The molecular formula is C11H10ClFO2. The smallest absolute Gasteiger partial charge is 0.309 e. The lowest BCUT2D eigenvalue weighted by molar-refractivity contribution is -0.139. The minimum atomic E-state index is -0.475. The summed E-state index contributed by atoms with van der Waals surface area (Å²) in [6.45, 7) is 0. The van der Waals surface area contributed by atoms with Crippen LogP contribution >= 0.6 is 11.6 Å². The number of hydrogen-bond donors (Lipinski definition) is 0. The summed E-state index contributed by atoms with van der Waals surface area (Å²) in [4.78, 5) is 10.8. The average Bonchev–Trinajstić information content (AvgIpc) is 2.23.